The van der Waals surface area contributed by atoms with Gasteiger partial charge in [-0.05, 0) is 26.3 Å². The third-order valence-electron chi connectivity index (χ3n) is 2.58. The van der Waals surface area contributed by atoms with Gasteiger partial charge in [0.05, 0.1) is 0 Å². The first-order valence-electron chi connectivity index (χ1n) is 7.13. The van der Waals surface area contributed by atoms with Crippen molar-refractivity contribution in [3.05, 3.63) is 35.9 Å². The number of ether oxygens (including phenoxy) is 2. The van der Waals surface area contributed by atoms with E-state index in [0.717, 1.165) is 5.56 Å². The van der Waals surface area contributed by atoms with E-state index in [9.17, 15) is 14.7 Å². The summed E-state index contributed by atoms with van der Waals surface area (Å²) in [5, 5.41) is 12.1. The van der Waals surface area contributed by atoms with E-state index in [1.165, 1.54) is 0 Å². The van der Waals surface area contributed by atoms with Crippen LogP contribution in [0.4, 0.5) is 4.79 Å². The molecule has 1 atom stereocenters. The number of esters is 1. The SMILES string of the molecule is CC(C)(C)OC(=O)NCC[C@H](O)C(=O)OCc1ccccc1. The number of aliphatic hydroxyl groups is 1. The number of rotatable bonds is 6. The summed E-state index contributed by atoms with van der Waals surface area (Å²) in [6.45, 7) is 5.49. The Balaban J connectivity index is 2.23. The molecule has 0 bridgehead atoms. The molecule has 0 spiro atoms. The molecule has 0 unspecified atom stereocenters. The van der Waals surface area contributed by atoms with E-state index >= 15 is 0 Å². The van der Waals surface area contributed by atoms with Crippen molar-refractivity contribution in [1.29, 1.82) is 0 Å². The van der Waals surface area contributed by atoms with Crippen molar-refractivity contribution in [1.82, 2.24) is 5.32 Å². The highest BCUT2D eigenvalue weighted by atomic mass is 16.6. The summed E-state index contributed by atoms with van der Waals surface area (Å²) < 4.78 is 10.0. The average molecular weight is 309 g/mol. The molecule has 1 aromatic rings. The van der Waals surface area contributed by atoms with Crippen LogP contribution in [0.15, 0.2) is 30.3 Å². The van der Waals surface area contributed by atoms with Crippen LogP contribution in [0.2, 0.25) is 0 Å². The number of aliphatic hydroxyl groups excluding tert-OH is 1. The second-order valence-electron chi connectivity index (χ2n) is 5.83. The van der Waals surface area contributed by atoms with Crippen molar-refractivity contribution in [2.45, 2.75) is 45.5 Å². The standard InChI is InChI=1S/C16H23NO5/c1-16(2,3)22-15(20)17-10-9-13(18)14(19)21-11-12-7-5-4-6-8-12/h4-8,13,18H,9-11H2,1-3H3,(H,17,20)/t13-/m0/s1. The minimum absolute atomic E-state index is 0.0624. The largest absolute Gasteiger partial charge is 0.459 e. The summed E-state index contributed by atoms with van der Waals surface area (Å²) in [5.74, 6) is -0.713. The van der Waals surface area contributed by atoms with Gasteiger partial charge in [-0.1, -0.05) is 30.3 Å². The van der Waals surface area contributed by atoms with Gasteiger partial charge >= 0.3 is 12.1 Å². The molecule has 0 aliphatic heterocycles. The van der Waals surface area contributed by atoms with Gasteiger partial charge in [0.2, 0.25) is 0 Å². The highest BCUT2D eigenvalue weighted by Crippen LogP contribution is 2.07. The van der Waals surface area contributed by atoms with Crippen LogP contribution in [0.3, 0.4) is 0 Å². The zero-order valence-corrected chi connectivity index (χ0v) is 13.2. The molecule has 122 valence electrons. The lowest BCUT2D eigenvalue weighted by molar-refractivity contribution is -0.155. The Morgan fingerprint density at radius 3 is 2.45 bits per heavy atom. The van der Waals surface area contributed by atoms with Crippen LogP contribution >= 0.6 is 0 Å². The summed E-state index contributed by atoms with van der Waals surface area (Å²) in [6, 6.07) is 9.19. The molecule has 6 heteroatoms. The first-order valence-corrected chi connectivity index (χ1v) is 7.13. The van der Waals surface area contributed by atoms with Gasteiger partial charge in [0.25, 0.3) is 0 Å². The molecule has 22 heavy (non-hydrogen) atoms. The second kappa shape index (κ2) is 8.38. The fourth-order valence-electron chi connectivity index (χ4n) is 1.57. The minimum atomic E-state index is -1.28. The Labute approximate surface area is 130 Å². The normalized spacial score (nSPS) is 12.4. The summed E-state index contributed by atoms with van der Waals surface area (Å²) in [5.41, 5.74) is 0.257. The number of carbonyl (C=O) groups excluding carboxylic acids is 2. The van der Waals surface area contributed by atoms with E-state index in [2.05, 4.69) is 5.32 Å². The molecule has 1 aromatic carbocycles. The molecule has 1 rings (SSSR count). The van der Waals surface area contributed by atoms with Crippen LogP contribution in [0.25, 0.3) is 0 Å². The van der Waals surface area contributed by atoms with Crippen molar-refractivity contribution < 1.29 is 24.2 Å². The fourth-order valence-corrected chi connectivity index (χ4v) is 1.57. The number of amides is 1. The Morgan fingerprint density at radius 2 is 1.86 bits per heavy atom. The van der Waals surface area contributed by atoms with Crippen LogP contribution in [0.1, 0.15) is 32.8 Å². The van der Waals surface area contributed by atoms with Gasteiger partial charge < -0.3 is 19.9 Å². The Hall–Kier alpha value is -2.08. The molecule has 0 saturated heterocycles. The topological polar surface area (TPSA) is 84.9 Å². The lowest BCUT2D eigenvalue weighted by Gasteiger charge is -2.20. The van der Waals surface area contributed by atoms with E-state index in [4.69, 9.17) is 9.47 Å². The number of carbonyl (C=O) groups is 2. The monoisotopic (exact) mass is 309 g/mol. The molecular formula is C16H23NO5. The molecule has 0 aromatic heterocycles. The predicted octanol–water partition coefficient (Wildman–Crippen LogP) is 2.01. The number of hydrogen-bond donors (Lipinski definition) is 2. The van der Waals surface area contributed by atoms with Crippen LogP contribution in [0.5, 0.6) is 0 Å². The zero-order chi connectivity index (χ0) is 16.6. The van der Waals surface area contributed by atoms with Gasteiger partial charge in [-0.25, -0.2) is 9.59 Å². The maximum atomic E-state index is 11.6. The maximum Gasteiger partial charge on any atom is 0.407 e. The van der Waals surface area contributed by atoms with E-state index < -0.39 is 23.8 Å². The quantitative estimate of drug-likeness (QED) is 0.785. The molecule has 0 heterocycles. The summed E-state index contributed by atoms with van der Waals surface area (Å²) in [4.78, 5) is 23.0. The van der Waals surface area contributed by atoms with Gasteiger partial charge in [-0.3, -0.25) is 0 Å². The van der Waals surface area contributed by atoms with Crippen molar-refractivity contribution in [2.75, 3.05) is 6.54 Å². The number of nitrogens with one attached hydrogen (secondary N) is 1. The molecule has 6 nitrogen and oxygen atoms in total. The van der Waals surface area contributed by atoms with Gasteiger partial charge in [0.15, 0.2) is 6.10 Å². The Morgan fingerprint density at radius 1 is 1.23 bits per heavy atom. The molecule has 0 aliphatic carbocycles. The zero-order valence-electron chi connectivity index (χ0n) is 13.2. The highest BCUT2D eigenvalue weighted by molar-refractivity contribution is 5.74. The van der Waals surface area contributed by atoms with E-state index in [-0.39, 0.29) is 19.6 Å². The van der Waals surface area contributed by atoms with E-state index in [0.29, 0.717) is 0 Å². The number of hydrogen-bond acceptors (Lipinski definition) is 5. The van der Waals surface area contributed by atoms with Gasteiger partial charge in [0.1, 0.15) is 12.2 Å². The lowest BCUT2D eigenvalue weighted by Crippen LogP contribution is -2.35. The van der Waals surface area contributed by atoms with Crippen LogP contribution < -0.4 is 5.32 Å². The predicted molar refractivity (Wildman–Crippen MR) is 81.1 cm³/mol. The van der Waals surface area contributed by atoms with Crippen molar-refractivity contribution in [2.24, 2.45) is 0 Å². The smallest absolute Gasteiger partial charge is 0.407 e. The maximum absolute atomic E-state index is 11.6. The molecule has 2 N–H and O–H groups in total. The van der Waals surface area contributed by atoms with Crippen molar-refractivity contribution in [3.63, 3.8) is 0 Å². The van der Waals surface area contributed by atoms with Gasteiger partial charge in [-0.2, -0.15) is 0 Å². The third-order valence-corrected chi connectivity index (χ3v) is 2.58. The molecule has 0 saturated carbocycles. The second-order valence-corrected chi connectivity index (χ2v) is 5.83. The van der Waals surface area contributed by atoms with Gasteiger partial charge in [0, 0.05) is 13.0 Å². The summed E-state index contributed by atoms with van der Waals surface area (Å²) >= 11 is 0. The number of alkyl carbamates (subject to hydrolysis) is 1. The lowest BCUT2D eigenvalue weighted by atomic mass is 10.2. The van der Waals surface area contributed by atoms with Crippen LogP contribution in [-0.4, -0.2) is 35.4 Å². The van der Waals surface area contributed by atoms with Crippen LogP contribution in [-0.2, 0) is 20.9 Å². The van der Waals surface area contributed by atoms with E-state index in [1.54, 1.807) is 20.8 Å². The van der Waals surface area contributed by atoms with Crippen molar-refractivity contribution >= 4 is 12.1 Å². The van der Waals surface area contributed by atoms with E-state index in [1.807, 2.05) is 30.3 Å². The fraction of sp³-hybridized carbons (Fsp3) is 0.500. The molecule has 0 fully saturated rings. The summed E-state index contributed by atoms with van der Waals surface area (Å²) in [6.07, 6.45) is -1.80. The molecular weight excluding hydrogens is 286 g/mol. The Bertz CT molecular complexity index is 481. The Kier molecular flexibility index (Phi) is 6.85. The van der Waals surface area contributed by atoms with Gasteiger partial charge in [-0.15, -0.1) is 0 Å². The molecule has 0 aliphatic rings. The first-order chi connectivity index (χ1) is 10.3. The molecule has 0 radical (unpaired) electrons. The highest BCUT2D eigenvalue weighted by Gasteiger charge is 2.19. The first kappa shape index (κ1) is 18.0. The molecule has 1 amide bonds. The van der Waals surface area contributed by atoms with Crippen LogP contribution in [0, 0.1) is 0 Å². The van der Waals surface area contributed by atoms with Crippen molar-refractivity contribution in [3.8, 4) is 0 Å². The average Bonchev–Trinajstić information content (AvgIpc) is 2.43. The number of benzene rings is 1. The summed E-state index contributed by atoms with van der Waals surface area (Å²) in [7, 11) is 0. The third kappa shape index (κ3) is 7.64. The minimum Gasteiger partial charge on any atom is -0.459 e.